The molecule has 0 saturated carbocycles. The van der Waals surface area contributed by atoms with E-state index in [0.29, 0.717) is 10.9 Å². The standard InChI is InChI=1S/C19H15N3OS2/c1-12-5-4-8-15-18(12)22-19(25-15)21-16(23)11-24-17-10-9-13-6-2-3-7-14(13)20-17/h2-10H,11H2,1H3,(H,21,22,23). The summed E-state index contributed by atoms with van der Waals surface area (Å²) in [5, 5.41) is 5.47. The summed E-state index contributed by atoms with van der Waals surface area (Å²) in [7, 11) is 0. The predicted octanol–water partition coefficient (Wildman–Crippen LogP) is 4.88. The number of carbonyl (C=O) groups is 1. The summed E-state index contributed by atoms with van der Waals surface area (Å²) in [5.74, 6) is 0.233. The molecule has 0 aliphatic carbocycles. The minimum atomic E-state index is -0.0725. The second-order valence-corrected chi connectivity index (χ2v) is 7.65. The second-order valence-electron chi connectivity index (χ2n) is 5.62. The number of fused-ring (bicyclic) bond motifs is 2. The molecule has 1 N–H and O–H groups in total. The zero-order chi connectivity index (χ0) is 17.2. The van der Waals surface area contributed by atoms with Crippen LogP contribution in [0, 0.1) is 6.92 Å². The molecule has 1 amide bonds. The maximum absolute atomic E-state index is 12.2. The van der Waals surface area contributed by atoms with Crippen LogP contribution in [0.2, 0.25) is 0 Å². The number of carbonyl (C=O) groups excluding carboxylic acids is 1. The fourth-order valence-corrected chi connectivity index (χ4v) is 4.20. The Hall–Kier alpha value is -2.44. The number of nitrogens with one attached hydrogen (secondary N) is 1. The molecule has 0 saturated heterocycles. The normalized spacial score (nSPS) is 11.1. The topological polar surface area (TPSA) is 54.9 Å². The Morgan fingerprint density at radius 1 is 1.08 bits per heavy atom. The van der Waals surface area contributed by atoms with Crippen LogP contribution in [0.25, 0.3) is 21.1 Å². The lowest BCUT2D eigenvalue weighted by molar-refractivity contribution is -0.113. The van der Waals surface area contributed by atoms with Crippen molar-refractivity contribution in [1.29, 1.82) is 0 Å². The van der Waals surface area contributed by atoms with E-state index in [1.54, 1.807) is 0 Å². The number of aromatic nitrogens is 2. The molecule has 25 heavy (non-hydrogen) atoms. The van der Waals surface area contributed by atoms with Gasteiger partial charge in [0.1, 0.15) is 0 Å². The number of amides is 1. The van der Waals surface area contributed by atoms with E-state index in [0.717, 1.165) is 31.7 Å². The molecule has 0 spiro atoms. The van der Waals surface area contributed by atoms with Gasteiger partial charge >= 0.3 is 0 Å². The third-order valence-corrected chi connectivity index (χ3v) is 5.66. The first kappa shape index (κ1) is 16.1. The van der Waals surface area contributed by atoms with Gasteiger partial charge in [-0.05, 0) is 30.7 Å². The Morgan fingerprint density at radius 3 is 2.84 bits per heavy atom. The smallest absolute Gasteiger partial charge is 0.236 e. The molecule has 0 fully saturated rings. The third kappa shape index (κ3) is 3.50. The average molecular weight is 365 g/mol. The number of para-hydroxylation sites is 2. The lowest BCUT2D eigenvalue weighted by Crippen LogP contribution is -2.13. The largest absolute Gasteiger partial charge is 0.301 e. The lowest BCUT2D eigenvalue weighted by Gasteiger charge is -2.03. The van der Waals surface area contributed by atoms with E-state index in [9.17, 15) is 4.79 Å². The summed E-state index contributed by atoms with van der Waals surface area (Å²) >= 11 is 2.92. The van der Waals surface area contributed by atoms with Crippen molar-refractivity contribution in [3.63, 3.8) is 0 Å². The quantitative estimate of drug-likeness (QED) is 0.524. The summed E-state index contributed by atoms with van der Waals surface area (Å²) in [6.07, 6.45) is 0. The fourth-order valence-electron chi connectivity index (χ4n) is 2.56. The van der Waals surface area contributed by atoms with Crippen LogP contribution in [0.3, 0.4) is 0 Å². The highest BCUT2D eigenvalue weighted by Crippen LogP contribution is 2.28. The van der Waals surface area contributed by atoms with Crippen LogP contribution in [0.5, 0.6) is 0 Å². The Kier molecular flexibility index (Phi) is 4.38. The Labute approximate surface area is 153 Å². The number of aryl methyl sites for hydroxylation is 1. The molecule has 0 bridgehead atoms. The maximum Gasteiger partial charge on any atom is 0.236 e. The summed E-state index contributed by atoms with van der Waals surface area (Å²) in [4.78, 5) is 21.3. The number of pyridine rings is 1. The van der Waals surface area contributed by atoms with Gasteiger partial charge in [-0.3, -0.25) is 4.79 Å². The first-order valence-corrected chi connectivity index (χ1v) is 9.64. The number of anilines is 1. The van der Waals surface area contributed by atoms with Gasteiger partial charge in [-0.1, -0.05) is 59.5 Å². The van der Waals surface area contributed by atoms with Crippen molar-refractivity contribution in [3.8, 4) is 0 Å². The average Bonchev–Trinajstić information content (AvgIpc) is 3.03. The molecule has 4 nitrogen and oxygen atoms in total. The summed E-state index contributed by atoms with van der Waals surface area (Å²) in [6.45, 7) is 2.02. The zero-order valence-electron chi connectivity index (χ0n) is 13.5. The first-order valence-electron chi connectivity index (χ1n) is 7.84. The molecule has 0 radical (unpaired) electrons. The van der Waals surface area contributed by atoms with Crippen LogP contribution in [0.15, 0.2) is 59.6 Å². The van der Waals surface area contributed by atoms with Crippen molar-refractivity contribution in [2.45, 2.75) is 11.9 Å². The number of nitrogens with zero attached hydrogens (tertiary/aromatic N) is 2. The molecular formula is C19H15N3OS2. The van der Waals surface area contributed by atoms with Crippen LogP contribution in [0.4, 0.5) is 5.13 Å². The second kappa shape index (κ2) is 6.82. The Balaban J connectivity index is 1.43. The SMILES string of the molecule is Cc1cccc2sc(NC(=O)CSc3ccc4ccccc4n3)nc12. The van der Waals surface area contributed by atoms with E-state index in [2.05, 4.69) is 15.3 Å². The van der Waals surface area contributed by atoms with Crippen LogP contribution in [-0.4, -0.2) is 21.6 Å². The van der Waals surface area contributed by atoms with E-state index in [1.165, 1.54) is 23.1 Å². The van der Waals surface area contributed by atoms with Crippen LogP contribution in [0.1, 0.15) is 5.56 Å². The molecule has 0 atom stereocenters. The van der Waals surface area contributed by atoms with Gasteiger partial charge < -0.3 is 5.32 Å². The highest BCUT2D eigenvalue weighted by molar-refractivity contribution is 7.99. The van der Waals surface area contributed by atoms with Gasteiger partial charge in [0.2, 0.25) is 5.91 Å². The Morgan fingerprint density at radius 2 is 1.96 bits per heavy atom. The van der Waals surface area contributed by atoms with Gasteiger partial charge in [0, 0.05) is 5.39 Å². The molecule has 4 aromatic rings. The number of thioether (sulfide) groups is 1. The van der Waals surface area contributed by atoms with Crippen molar-refractivity contribution >= 4 is 55.3 Å². The Bertz CT molecular complexity index is 1070. The van der Waals surface area contributed by atoms with Crippen molar-refractivity contribution in [2.75, 3.05) is 11.1 Å². The summed E-state index contributed by atoms with van der Waals surface area (Å²) < 4.78 is 1.08. The molecule has 0 unspecified atom stereocenters. The van der Waals surface area contributed by atoms with E-state index in [-0.39, 0.29) is 5.91 Å². The van der Waals surface area contributed by atoms with Gasteiger partial charge in [-0.25, -0.2) is 9.97 Å². The fraction of sp³-hybridized carbons (Fsp3) is 0.105. The number of hydrogen-bond donors (Lipinski definition) is 1. The molecule has 0 aliphatic rings. The monoisotopic (exact) mass is 365 g/mol. The molecule has 124 valence electrons. The van der Waals surface area contributed by atoms with E-state index in [4.69, 9.17) is 0 Å². The highest BCUT2D eigenvalue weighted by atomic mass is 32.2. The zero-order valence-corrected chi connectivity index (χ0v) is 15.2. The minimum Gasteiger partial charge on any atom is -0.301 e. The maximum atomic E-state index is 12.2. The number of rotatable bonds is 4. The summed E-state index contributed by atoms with van der Waals surface area (Å²) in [6, 6.07) is 18.0. The molecule has 2 aromatic heterocycles. The number of hydrogen-bond acceptors (Lipinski definition) is 5. The number of benzene rings is 2. The van der Waals surface area contributed by atoms with Gasteiger partial charge in [-0.2, -0.15) is 0 Å². The summed E-state index contributed by atoms with van der Waals surface area (Å²) in [5.41, 5.74) is 3.00. The first-order chi connectivity index (χ1) is 12.2. The van der Waals surface area contributed by atoms with Gasteiger partial charge in [0.05, 0.1) is 26.5 Å². The van der Waals surface area contributed by atoms with E-state index < -0.39 is 0 Å². The van der Waals surface area contributed by atoms with Crippen LogP contribution >= 0.6 is 23.1 Å². The van der Waals surface area contributed by atoms with E-state index >= 15 is 0 Å². The molecular weight excluding hydrogens is 350 g/mol. The highest BCUT2D eigenvalue weighted by Gasteiger charge is 2.10. The van der Waals surface area contributed by atoms with Crippen molar-refractivity contribution in [2.24, 2.45) is 0 Å². The molecule has 0 aliphatic heterocycles. The molecule has 2 heterocycles. The van der Waals surface area contributed by atoms with Crippen molar-refractivity contribution in [3.05, 3.63) is 60.2 Å². The minimum absolute atomic E-state index is 0.0725. The predicted molar refractivity (Wildman–Crippen MR) is 105 cm³/mol. The van der Waals surface area contributed by atoms with Gasteiger partial charge in [0.25, 0.3) is 0 Å². The molecule has 4 rings (SSSR count). The molecule has 6 heteroatoms. The van der Waals surface area contributed by atoms with Crippen LogP contribution < -0.4 is 5.32 Å². The van der Waals surface area contributed by atoms with E-state index in [1.807, 2.05) is 61.5 Å². The van der Waals surface area contributed by atoms with Crippen LogP contribution in [-0.2, 0) is 4.79 Å². The van der Waals surface area contributed by atoms with Gasteiger partial charge in [0.15, 0.2) is 5.13 Å². The number of thiazole rings is 1. The van der Waals surface area contributed by atoms with Crippen molar-refractivity contribution in [1.82, 2.24) is 9.97 Å². The van der Waals surface area contributed by atoms with Gasteiger partial charge in [-0.15, -0.1) is 0 Å². The third-order valence-electron chi connectivity index (χ3n) is 3.79. The molecule has 2 aromatic carbocycles. The van der Waals surface area contributed by atoms with Crippen molar-refractivity contribution < 1.29 is 4.79 Å². The lowest BCUT2D eigenvalue weighted by atomic mass is 10.2.